The maximum absolute atomic E-state index is 12.1. The SMILES string of the molecule is CC(C)C1COC(=O)N1c1ccnc(N[C@H](C)c2nc(C3CC3)no2)n1. The maximum Gasteiger partial charge on any atom is 0.415 e. The van der Waals surface area contributed by atoms with E-state index < -0.39 is 0 Å². The van der Waals surface area contributed by atoms with E-state index in [4.69, 9.17) is 9.26 Å². The number of carbonyl (C=O) groups excluding carboxylic acids is 1. The van der Waals surface area contributed by atoms with Crippen LogP contribution in [0.25, 0.3) is 0 Å². The molecule has 138 valence electrons. The summed E-state index contributed by atoms with van der Waals surface area (Å²) >= 11 is 0. The predicted molar refractivity (Wildman–Crippen MR) is 92.8 cm³/mol. The summed E-state index contributed by atoms with van der Waals surface area (Å²) in [5.74, 6) is 2.87. The average Bonchev–Trinajstić information content (AvgIpc) is 3.20. The molecule has 4 rings (SSSR count). The molecule has 1 saturated carbocycles. The largest absolute Gasteiger partial charge is 0.447 e. The van der Waals surface area contributed by atoms with Crippen molar-refractivity contribution >= 4 is 17.9 Å². The van der Waals surface area contributed by atoms with Gasteiger partial charge in [0.25, 0.3) is 0 Å². The van der Waals surface area contributed by atoms with Gasteiger partial charge in [-0.15, -0.1) is 0 Å². The molecule has 2 aromatic heterocycles. The second-order valence-electron chi connectivity index (χ2n) is 7.13. The molecule has 2 aromatic rings. The Balaban J connectivity index is 1.50. The van der Waals surface area contributed by atoms with Gasteiger partial charge in [-0.25, -0.2) is 9.78 Å². The number of nitrogens with one attached hydrogen (secondary N) is 1. The molecule has 9 heteroatoms. The number of anilines is 2. The maximum atomic E-state index is 12.1. The van der Waals surface area contributed by atoms with Crippen LogP contribution in [0, 0.1) is 5.92 Å². The first kappa shape index (κ1) is 16.7. The lowest BCUT2D eigenvalue weighted by atomic mass is 10.0. The number of hydrogen-bond donors (Lipinski definition) is 1. The quantitative estimate of drug-likeness (QED) is 0.840. The lowest BCUT2D eigenvalue weighted by Crippen LogP contribution is -2.37. The van der Waals surface area contributed by atoms with Gasteiger partial charge in [-0.05, 0) is 31.7 Å². The van der Waals surface area contributed by atoms with Crippen molar-refractivity contribution in [3.8, 4) is 0 Å². The van der Waals surface area contributed by atoms with E-state index in [2.05, 4.69) is 39.3 Å². The molecule has 3 heterocycles. The Hall–Kier alpha value is -2.71. The highest BCUT2D eigenvalue weighted by Crippen LogP contribution is 2.38. The second kappa shape index (κ2) is 6.54. The minimum atomic E-state index is -0.382. The first-order valence-corrected chi connectivity index (χ1v) is 8.92. The van der Waals surface area contributed by atoms with Crippen molar-refractivity contribution in [2.45, 2.75) is 51.6 Å². The zero-order valence-electron chi connectivity index (χ0n) is 15.0. The molecule has 2 atom stereocenters. The lowest BCUT2D eigenvalue weighted by Gasteiger charge is -2.23. The molecule has 26 heavy (non-hydrogen) atoms. The van der Waals surface area contributed by atoms with Crippen molar-refractivity contribution in [3.05, 3.63) is 24.0 Å². The van der Waals surface area contributed by atoms with E-state index in [1.54, 1.807) is 17.2 Å². The highest BCUT2D eigenvalue weighted by molar-refractivity contribution is 5.89. The van der Waals surface area contributed by atoms with Crippen LogP contribution in [0.4, 0.5) is 16.6 Å². The van der Waals surface area contributed by atoms with Gasteiger partial charge in [-0.2, -0.15) is 9.97 Å². The molecule has 0 radical (unpaired) electrons. The van der Waals surface area contributed by atoms with Crippen LogP contribution in [0.5, 0.6) is 0 Å². The number of aromatic nitrogens is 4. The van der Waals surface area contributed by atoms with Gasteiger partial charge in [0.2, 0.25) is 11.8 Å². The molecule has 2 aliphatic rings. The number of ether oxygens (including phenoxy) is 1. The van der Waals surface area contributed by atoms with E-state index in [0.717, 1.165) is 18.7 Å². The molecular formula is C17H22N6O3. The van der Waals surface area contributed by atoms with Crippen LogP contribution in [-0.2, 0) is 4.74 Å². The zero-order chi connectivity index (χ0) is 18.3. The Bertz CT molecular complexity index is 803. The van der Waals surface area contributed by atoms with E-state index in [-0.39, 0.29) is 24.1 Å². The number of rotatable bonds is 6. The van der Waals surface area contributed by atoms with Gasteiger partial charge in [0, 0.05) is 12.1 Å². The molecule has 9 nitrogen and oxygen atoms in total. The van der Waals surface area contributed by atoms with Crippen molar-refractivity contribution in [1.29, 1.82) is 0 Å². The normalized spacial score (nSPS) is 21.2. The van der Waals surface area contributed by atoms with Gasteiger partial charge < -0.3 is 14.6 Å². The van der Waals surface area contributed by atoms with Gasteiger partial charge >= 0.3 is 6.09 Å². The highest BCUT2D eigenvalue weighted by Gasteiger charge is 2.37. The topological polar surface area (TPSA) is 106 Å². The lowest BCUT2D eigenvalue weighted by molar-refractivity contribution is 0.177. The number of cyclic esters (lactones) is 1. The predicted octanol–water partition coefficient (Wildman–Crippen LogP) is 2.89. The summed E-state index contributed by atoms with van der Waals surface area (Å²) in [5.41, 5.74) is 0. The zero-order valence-corrected chi connectivity index (χ0v) is 15.0. The third-order valence-electron chi connectivity index (χ3n) is 4.68. The van der Waals surface area contributed by atoms with Crippen molar-refractivity contribution in [1.82, 2.24) is 20.1 Å². The standard InChI is InChI=1S/C17H22N6O3/c1-9(2)12-8-25-17(24)23(12)13-6-7-18-16(20-13)19-10(3)15-21-14(22-26-15)11-4-5-11/h6-7,9-12H,4-5,8H2,1-3H3,(H,18,19,20)/t10-,12?/m1/s1. The van der Waals surface area contributed by atoms with Gasteiger partial charge in [0.15, 0.2) is 5.82 Å². The van der Waals surface area contributed by atoms with Crippen LogP contribution >= 0.6 is 0 Å². The van der Waals surface area contributed by atoms with Crippen LogP contribution in [-0.4, -0.2) is 38.9 Å². The number of amides is 1. The van der Waals surface area contributed by atoms with Crippen LogP contribution in [0.3, 0.4) is 0 Å². The number of nitrogens with zero attached hydrogens (tertiary/aromatic N) is 5. The molecule has 1 amide bonds. The smallest absolute Gasteiger partial charge is 0.415 e. The monoisotopic (exact) mass is 358 g/mol. The van der Waals surface area contributed by atoms with Gasteiger partial charge in [0.1, 0.15) is 18.5 Å². The Morgan fingerprint density at radius 3 is 2.81 bits per heavy atom. The Kier molecular flexibility index (Phi) is 4.21. The van der Waals surface area contributed by atoms with Crippen LogP contribution < -0.4 is 10.2 Å². The molecule has 2 fully saturated rings. The number of hydrogen-bond acceptors (Lipinski definition) is 8. The van der Waals surface area contributed by atoms with E-state index in [1.807, 2.05) is 6.92 Å². The van der Waals surface area contributed by atoms with Gasteiger partial charge in [-0.1, -0.05) is 19.0 Å². The summed E-state index contributed by atoms with van der Waals surface area (Å²) in [6, 6.07) is 1.42. The Morgan fingerprint density at radius 1 is 1.27 bits per heavy atom. The summed E-state index contributed by atoms with van der Waals surface area (Å²) in [7, 11) is 0. The molecule has 0 aromatic carbocycles. The molecule has 0 spiro atoms. The highest BCUT2D eigenvalue weighted by atomic mass is 16.6. The van der Waals surface area contributed by atoms with Crippen molar-refractivity contribution < 1.29 is 14.1 Å². The van der Waals surface area contributed by atoms with Crippen molar-refractivity contribution in [3.63, 3.8) is 0 Å². The Labute approximate surface area is 151 Å². The van der Waals surface area contributed by atoms with Crippen LogP contribution in [0.15, 0.2) is 16.8 Å². The van der Waals surface area contributed by atoms with Crippen molar-refractivity contribution in [2.75, 3.05) is 16.8 Å². The molecule has 1 aliphatic carbocycles. The fraction of sp³-hybridized carbons (Fsp3) is 0.588. The summed E-state index contributed by atoms with van der Waals surface area (Å²) in [6.45, 7) is 6.37. The first-order valence-electron chi connectivity index (χ1n) is 8.92. The molecular weight excluding hydrogens is 336 g/mol. The summed E-state index contributed by atoms with van der Waals surface area (Å²) in [4.78, 5) is 26.8. The fourth-order valence-electron chi connectivity index (χ4n) is 2.93. The van der Waals surface area contributed by atoms with Gasteiger partial charge in [-0.3, -0.25) is 4.90 Å². The third kappa shape index (κ3) is 3.21. The fourth-order valence-corrected chi connectivity index (χ4v) is 2.93. The summed E-state index contributed by atoms with van der Waals surface area (Å²) in [6.07, 6.45) is 3.47. The van der Waals surface area contributed by atoms with Crippen molar-refractivity contribution in [2.24, 2.45) is 5.92 Å². The van der Waals surface area contributed by atoms with E-state index in [9.17, 15) is 4.79 Å². The van der Waals surface area contributed by atoms with E-state index >= 15 is 0 Å². The third-order valence-corrected chi connectivity index (χ3v) is 4.68. The second-order valence-corrected chi connectivity index (χ2v) is 7.13. The van der Waals surface area contributed by atoms with Crippen LogP contribution in [0.2, 0.25) is 0 Å². The van der Waals surface area contributed by atoms with E-state index in [0.29, 0.717) is 30.2 Å². The number of carbonyl (C=O) groups is 1. The molecule has 1 aliphatic heterocycles. The summed E-state index contributed by atoms with van der Waals surface area (Å²) in [5, 5.41) is 7.18. The van der Waals surface area contributed by atoms with Gasteiger partial charge in [0.05, 0.1) is 6.04 Å². The minimum absolute atomic E-state index is 0.0419. The van der Waals surface area contributed by atoms with Crippen LogP contribution in [0.1, 0.15) is 57.3 Å². The molecule has 0 bridgehead atoms. The van der Waals surface area contributed by atoms with E-state index in [1.165, 1.54) is 0 Å². The molecule has 1 N–H and O–H groups in total. The molecule has 1 saturated heterocycles. The first-order chi connectivity index (χ1) is 12.5. The Morgan fingerprint density at radius 2 is 2.08 bits per heavy atom. The average molecular weight is 358 g/mol. The minimum Gasteiger partial charge on any atom is -0.447 e. The summed E-state index contributed by atoms with van der Waals surface area (Å²) < 4.78 is 10.5. The molecule has 1 unspecified atom stereocenters.